The van der Waals surface area contributed by atoms with E-state index in [1.54, 1.807) is 0 Å². The number of piperidine rings is 2. The molecule has 4 rings (SSSR count). The van der Waals surface area contributed by atoms with E-state index < -0.39 is 0 Å². The minimum Gasteiger partial charge on any atom is -0.393 e. The van der Waals surface area contributed by atoms with E-state index in [4.69, 9.17) is 4.74 Å². The van der Waals surface area contributed by atoms with Crippen LogP contribution in [0.4, 0.5) is 0 Å². The van der Waals surface area contributed by atoms with Crippen LogP contribution in [0.2, 0.25) is 0 Å². The minimum atomic E-state index is -0.247. The van der Waals surface area contributed by atoms with Crippen LogP contribution in [0.1, 0.15) is 25.3 Å². The summed E-state index contributed by atoms with van der Waals surface area (Å²) in [7, 11) is 0. The van der Waals surface area contributed by atoms with Crippen LogP contribution in [0.25, 0.3) is 0 Å². The van der Waals surface area contributed by atoms with Crippen LogP contribution in [0.3, 0.4) is 0 Å². The van der Waals surface area contributed by atoms with E-state index in [1.807, 2.05) is 25.1 Å². The van der Waals surface area contributed by atoms with E-state index in [1.165, 1.54) is 5.56 Å². The van der Waals surface area contributed by atoms with Gasteiger partial charge in [0.1, 0.15) is 0 Å². The predicted molar refractivity (Wildman–Crippen MR) is 74.7 cm³/mol. The lowest BCUT2D eigenvalue weighted by Gasteiger charge is -2.49. The van der Waals surface area contributed by atoms with Gasteiger partial charge in [0, 0.05) is 12.0 Å². The Hall–Kier alpha value is -0.900. The maximum Gasteiger partial charge on any atom is 0.0739 e. The standard InChI is InChI=1S/C16H23NO2/c1-11(18)14-7-13-8-15(16(14)17-9-13)19-10-12-5-3-2-4-6-12/h2-6,11,13-18H,7-10H2,1H3/t11-,13+,14-,15?,16?/m1/s1. The Morgan fingerprint density at radius 1 is 1.32 bits per heavy atom. The van der Waals surface area contributed by atoms with Crippen molar-refractivity contribution < 1.29 is 9.84 Å². The van der Waals surface area contributed by atoms with Gasteiger partial charge in [-0.25, -0.2) is 0 Å². The molecule has 2 aliphatic heterocycles. The van der Waals surface area contributed by atoms with E-state index in [0.717, 1.165) is 19.4 Å². The van der Waals surface area contributed by atoms with Gasteiger partial charge >= 0.3 is 0 Å². The lowest BCUT2D eigenvalue weighted by molar-refractivity contribution is -0.0861. The first-order valence-electron chi connectivity index (χ1n) is 7.31. The van der Waals surface area contributed by atoms with Gasteiger partial charge in [-0.05, 0) is 37.8 Å². The Morgan fingerprint density at radius 3 is 2.79 bits per heavy atom. The molecule has 3 nitrogen and oxygen atoms in total. The highest BCUT2D eigenvalue weighted by molar-refractivity contribution is 5.13. The number of fused-ring (bicyclic) bond motifs is 3. The third-order valence-electron chi connectivity index (χ3n) is 4.60. The normalized spacial score (nSPS) is 35.3. The van der Waals surface area contributed by atoms with Gasteiger partial charge in [0.2, 0.25) is 0 Å². The van der Waals surface area contributed by atoms with Gasteiger partial charge in [0.25, 0.3) is 0 Å². The molecule has 0 radical (unpaired) electrons. The van der Waals surface area contributed by atoms with Crippen molar-refractivity contribution in [1.82, 2.24) is 5.32 Å². The molecular weight excluding hydrogens is 238 g/mol. The number of aliphatic hydroxyl groups is 1. The molecule has 19 heavy (non-hydrogen) atoms. The molecule has 2 unspecified atom stereocenters. The van der Waals surface area contributed by atoms with Crippen molar-refractivity contribution in [3.63, 3.8) is 0 Å². The monoisotopic (exact) mass is 261 g/mol. The zero-order valence-corrected chi connectivity index (χ0v) is 11.5. The van der Waals surface area contributed by atoms with Gasteiger partial charge in [0.05, 0.1) is 18.8 Å². The molecule has 2 N–H and O–H groups in total. The molecule has 104 valence electrons. The maximum absolute atomic E-state index is 9.91. The highest BCUT2D eigenvalue weighted by Gasteiger charge is 2.44. The summed E-state index contributed by atoms with van der Waals surface area (Å²) in [6.07, 6.45) is 2.27. The van der Waals surface area contributed by atoms with Gasteiger partial charge in [-0.3, -0.25) is 0 Å². The lowest BCUT2D eigenvalue weighted by Crippen LogP contribution is -2.60. The topological polar surface area (TPSA) is 41.5 Å². The zero-order chi connectivity index (χ0) is 13.2. The summed E-state index contributed by atoms with van der Waals surface area (Å²) in [5, 5.41) is 13.5. The van der Waals surface area contributed by atoms with Gasteiger partial charge < -0.3 is 15.2 Å². The molecule has 1 aliphatic carbocycles. The average molecular weight is 261 g/mol. The molecule has 3 fully saturated rings. The highest BCUT2D eigenvalue weighted by atomic mass is 16.5. The van der Waals surface area contributed by atoms with Crippen LogP contribution in [-0.4, -0.2) is 29.9 Å². The first-order chi connectivity index (χ1) is 9.24. The van der Waals surface area contributed by atoms with E-state index >= 15 is 0 Å². The number of hydrogen-bond donors (Lipinski definition) is 2. The first-order valence-corrected chi connectivity index (χ1v) is 7.31. The Bertz CT molecular complexity index is 406. The molecule has 0 aromatic heterocycles. The summed E-state index contributed by atoms with van der Waals surface area (Å²) in [6, 6.07) is 10.6. The Kier molecular flexibility index (Phi) is 3.87. The molecule has 5 atom stereocenters. The molecule has 3 heteroatoms. The van der Waals surface area contributed by atoms with Crippen molar-refractivity contribution in [1.29, 1.82) is 0 Å². The molecule has 0 spiro atoms. The number of nitrogens with one attached hydrogen (secondary N) is 1. The number of benzene rings is 1. The SMILES string of the molecule is C[C@@H](O)[C@H]1C[C@@H]2CNC1C(OCc1ccccc1)C2. The minimum absolute atomic E-state index is 0.243. The molecule has 2 saturated heterocycles. The Morgan fingerprint density at radius 2 is 2.11 bits per heavy atom. The van der Waals surface area contributed by atoms with Crippen molar-refractivity contribution in [2.75, 3.05) is 6.54 Å². The summed E-state index contributed by atoms with van der Waals surface area (Å²) >= 11 is 0. The van der Waals surface area contributed by atoms with Crippen molar-refractivity contribution in [3.05, 3.63) is 35.9 Å². The third kappa shape index (κ3) is 2.83. The molecule has 1 aromatic rings. The maximum atomic E-state index is 9.91. The summed E-state index contributed by atoms with van der Waals surface area (Å²) < 4.78 is 6.11. The van der Waals surface area contributed by atoms with Crippen LogP contribution in [-0.2, 0) is 11.3 Å². The van der Waals surface area contributed by atoms with Gasteiger partial charge in [0.15, 0.2) is 0 Å². The predicted octanol–water partition coefficient (Wildman–Crippen LogP) is 1.95. The van der Waals surface area contributed by atoms with Crippen LogP contribution < -0.4 is 5.32 Å². The number of aliphatic hydroxyl groups excluding tert-OH is 1. The fourth-order valence-corrected chi connectivity index (χ4v) is 3.58. The van der Waals surface area contributed by atoms with Gasteiger partial charge in [-0.15, -0.1) is 0 Å². The summed E-state index contributed by atoms with van der Waals surface area (Å²) in [5.41, 5.74) is 1.22. The average Bonchev–Trinajstić information content (AvgIpc) is 2.46. The lowest BCUT2D eigenvalue weighted by atomic mass is 9.70. The van der Waals surface area contributed by atoms with E-state index in [2.05, 4.69) is 17.4 Å². The second kappa shape index (κ2) is 5.61. The Balaban J connectivity index is 1.62. The van der Waals surface area contributed by atoms with Crippen LogP contribution in [0.5, 0.6) is 0 Å². The van der Waals surface area contributed by atoms with Crippen molar-refractivity contribution in [2.24, 2.45) is 11.8 Å². The molecule has 3 aliphatic rings. The Labute approximate surface area is 115 Å². The molecule has 2 heterocycles. The number of hydrogen-bond acceptors (Lipinski definition) is 3. The largest absolute Gasteiger partial charge is 0.393 e. The van der Waals surface area contributed by atoms with Gasteiger partial charge in [-0.2, -0.15) is 0 Å². The van der Waals surface area contributed by atoms with Crippen molar-refractivity contribution in [2.45, 2.75) is 44.6 Å². The molecule has 1 aromatic carbocycles. The van der Waals surface area contributed by atoms with E-state index in [9.17, 15) is 5.11 Å². The first kappa shape index (κ1) is 13.1. The summed E-state index contributed by atoms with van der Waals surface area (Å²) in [5.74, 6) is 0.999. The quantitative estimate of drug-likeness (QED) is 0.870. The second-order valence-corrected chi connectivity index (χ2v) is 6.01. The van der Waals surface area contributed by atoms with Crippen LogP contribution >= 0.6 is 0 Å². The molecule has 2 bridgehead atoms. The molecular formula is C16H23NO2. The van der Waals surface area contributed by atoms with Gasteiger partial charge in [-0.1, -0.05) is 30.3 Å². The fourth-order valence-electron chi connectivity index (χ4n) is 3.58. The van der Waals surface area contributed by atoms with E-state index in [0.29, 0.717) is 24.5 Å². The number of rotatable bonds is 4. The molecule has 0 amide bonds. The van der Waals surface area contributed by atoms with Crippen LogP contribution in [0, 0.1) is 11.8 Å². The summed E-state index contributed by atoms with van der Waals surface area (Å²) in [4.78, 5) is 0. The second-order valence-electron chi connectivity index (χ2n) is 6.01. The smallest absolute Gasteiger partial charge is 0.0739 e. The fraction of sp³-hybridized carbons (Fsp3) is 0.625. The number of ether oxygens (including phenoxy) is 1. The van der Waals surface area contributed by atoms with Crippen molar-refractivity contribution >= 4 is 0 Å². The highest BCUT2D eigenvalue weighted by Crippen LogP contribution is 2.37. The van der Waals surface area contributed by atoms with E-state index in [-0.39, 0.29) is 12.2 Å². The van der Waals surface area contributed by atoms with Crippen molar-refractivity contribution in [3.8, 4) is 0 Å². The third-order valence-corrected chi connectivity index (χ3v) is 4.60. The van der Waals surface area contributed by atoms with Crippen LogP contribution in [0.15, 0.2) is 30.3 Å². The molecule has 1 saturated carbocycles. The summed E-state index contributed by atoms with van der Waals surface area (Å²) in [6.45, 7) is 3.66. The zero-order valence-electron chi connectivity index (χ0n) is 11.5.